The number of hydrogen-bond acceptors (Lipinski definition) is 7. The molecule has 31 heavy (non-hydrogen) atoms. The van der Waals surface area contributed by atoms with Crippen LogP contribution in [0.25, 0.3) is 0 Å². The van der Waals surface area contributed by atoms with E-state index in [1.165, 1.54) is 11.8 Å². The quantitative estimate of drug-likeness (QED) is 0.236. The van der Waals surface area contributed by atoms with Crippen molar-refractivity contribution in [3.8, 4) is 0 Å². The van der Waals surface area contributed by atoms with Crippen molar-refractivity contribution >= 4 is 29.3 Å². The SMILES string of the molecule is CS[C@H]1O[C@H]([C@H](NC(=O)[C@@H]2CCC(CCCCCF)CCN2)[C@H](C)Cl)[C@H](O)[C@H](O)[C@H]1O. The molecule has 182 valence electrons. The molecule has 0 aromatic rings. The molecule has 1 unspecified atom stereocenters. The van der Waals surface area contributed by atoms with E-state index in [0.29, 0.717) is 18.8 Å². The van der Waals surface area contributed by atoms with Gasteiger partial charge in [0.25, 0.3) is 0 Å². The third-order valence-electron chi connectivity index (χ3n) is 6.37. The Morgan fingerprint density at radius 2 is 1.94 bits per heavy atom. The third kappa shape index (κ3) is 7.69. The molecule has 7 nitrogen and oxygen atoms in total. The molecule has 0 radical (unpaired) electrons. The average molecular weight is 485 g/mol. The van der Waals surface area contributed by atoms with Crippen LogP contribution in [0, 0.1) is 5.92 Å². The second-order valence-corrected chi connectivity index (χ2v) is 10.3. The Kier molecular flexibility index (Phi) is 11.8. The maximum Gasteiger partial charge on any atom is 0.237 e. The Labute approximate surface area is 193 Å². The minimum atomic E-state index is -1.39. The summed E-state index contributed by atoms with van der Waals surface area (Å²) in [7, 11) is 0. The number of ether oxygens (including phenoxy) is 1. The minimum absolute atomic E-state index is 0.215. The van der Waals surface area contributed by atoms with Crippen LogP contribution >= 0.6 is 23.4 Å². The number of unbranched alkanes of at least 4 members (excludes halogenated alkanes) is 2. The van der Waals surface area contributed by atoms with Gasteiger partial charge in [-0.1, -0.05) is 19.3 Å². The summed E-state index contributed by atoms with van der Waals surface area (Å²) >= 11 is 7.55. The Balaban J connectivity index is 1.94. The molecule has 9 atom stereocenters. The molecular weight excluding hydrogens is 447 g/mol. The normalized spacial score (nSPS) is 36.4. The van der Waals surface area contributed by atoms with Crippen molar-refractivity contribution in [1.29, 1.82) is 0 Å². The van der Waals surface area contributed by atoms with E-state index >= 15 is 0 Å². The van der Waals surface area contributed by atoms with Gasteiger partial charge in [0.2, 0.25) is 5.91 Å². The summed E-state index contributed by atoms with van der Waals surface area (Å²) in [5, 5.41) is 36.4. The zero-order valence-corrected chi connectivity index (χ0v) is 20.0. The first-order valence-corrected chi connectivity index (χ1v) is 13.0. The maximum atomic E-state index is 13.0. The Bertz CT molecular complexity index is 548. The molecule has 1 amide bonds. The molecule has 0 aromatic carbocycles. The predicted molar refractivity (Wildman–Crippen MR) is 121 cm³/mol. The summed E-state index contributed by atoms with van der Waals surface area (Å²) in [5.41, 5.74) is -0.729. The smallest absolute Gasteiger partial charge is 0.237 e. The van der Waals surface area contributed by atoms with E-state index in [1.54, 1.807) is 13.2 Å². The number of aliphatic hydroxyl groups excluding tert-OH is 3. The van der Waals surface area contributed by atoms with Crippen molar-refractivity contribution in [1.82, 2.24) is 10.6 Å². The zero-order valence-electron chi connectivity index (χ0n) is 18.4. The van der Waals surface area contributed by atoms with Gasteiger partial charge in [0.15, 0.2) is 0 Å². The molecule has 0 saturated carbocycles. The van der Waals surface area contributed by atoms with Gasteiger partial charge >= 0.3 is 0 Å². The summed E-state index contributed by atoms with van der Waals surface area (Å²) in [5.74, 6) is 0.308. The van der Waals surface area contributed by atoms with Crippen LogP contribution in [0.15, 0.2) is 0 Å². The number of alkyl halides is 2. The highest BCUT2D eigenvalue weighted by molar-refractivity contribution is 7.99. The molecule has 10 heteroatoms. The van der Waals surface area contributed by atoms with E-state index in [-0.39, 0.29) is 18.6 Å². The van der Waals surface area contributed by atoms with Crippen LogP contribution in [0.1, 0.15) is 51.9 Å². The second-order valence-electron chi connectivity index (χ2n) is 8.67. The van der Waals surface area contributed by atoms with Crippen LogP contribution in [0.4, 0.5) is 4.39 Å². The standard InChI is InChI=1S/C21H38ClFN2O5S/c1-12(22)15(19-17(27)16(26)18(28)21(30-19)31-2)25-20(29)14-8-7-13(9-11-24-14)6-4-3-5-10-23/h12-19,21,24,26-28H,3-11H2,1-2H3,(H,25,29)/t12-,13?,14-,15+,16-,17+,18+,19+,21+/m0/s1. The van der Waals surface area contributed by atoms with Crippen molar-refractivity contribution in [3.05, 3.63) is 0 Å². The number of carbonyl (C=O) groups is 1. The van der Waals surface area contributed by atoms with Crippen molar-refractivity contribution in [3.63, 3.8) is 0 Å². The lowest BCUT2D eigenvalue weighted by Crippen LogP contribution is -2.65. The van der Waals surface area contributed by atoms with Crippen molar-refractivity contribution in [2.45, 2.75) is 99.2 Å². The first kappa shape index (κ1) is 27.1. The summed E-state index contributed by atoms with van der Waals surface area (Å²) < 4.78 is 18.1. The van der Waals surface area contributed by atoms with Crippen LogP contribution in [-0.4, -0.2) is 88.0 Å². The first-order valence-electron chi connectivity index (χ1n) is 11.3. The highest BCUT2D eigenvalue weighted by Gasteiger charge is 2.48. The van der Waals surface area contributed by atoms with Gasteiger partial charge < -0.3 is 30.7 Å². The zero-order chi connectivity index (χ0) is 23.0. The molecule has 2 saturated heterocycles. The molecule has 0 bridgehead atoms. The fourth-order valence-corrected chi connectivity index (χ4v) is 5.30. The fraction of sp³-hybridized carbons (Fsp3) is 0.952. The van der Waals surface area contributed by atoms with Crippen LogP contribution in [0.2, 0.25) is 0 Å². The Hall–Kier alpha value is -0.160. The van der Waals surface area contributed by atoms with Gasteiger partial charge in [-0.25, -0.2) is 0 Å². The average Bonchev–Trinajstić information content (AvgIpc) is 2.99. The predicted octanol–water partition coefficient (Wildman–Crippen LogP) is 1.56. The number of amides is 1. The highest BCUT2D eigenvalue weighted by Crippen LogP contribution is 2.30. The molecule has 5 N–H and O–H groups in total. The molecule has 2 aliphatic heterocycles. The lowest BCUT2D eigenvalue weighted by Gasteiger charge is -2.44. The number of hydrogen-bond donors (Lipinski definition) is 5. The fourth-order valence-electron chi connectivity index (χ4n) is 4.42. The second kappa shape index (κ2) is 13.5. The molecule has 2 aliphatic rings. The van der Waals surface area contributed by atoms with E-state index in [9.17, 15) is 24.5 Å². The van der Waals surface area contributed by atoms with Gasteiger partial charge in [0.05, 0.1) is 24.1 Å². The molecule has 0 aromatic heterocycles. The number of thioether (sulfide) groups is 1. The number of nitrogens with one attached hydrogen (secondary N) is 2. The van der Waals surface area contributed by atoms with Crippen molar-refractivity contribution in [2.24, 2.45) is 5.92 Å². The van der Waals surface area contributed by atoms with Gasteiger partial charge in [-0.15, -0.1) is 23.4 Å². The summed E-state index contributed by atoms with van der Waals surface area (Å²) in [4.78, 5) is 13.0. The molecular formula is C21H38ClFN2O5S. The van der Waals surface area contributed by atoms with Gasteiger partial charge in [-0.3, -0.25) is 9.18 Å². The number of aliphatic hydroxyl groups is 3. The number of carbonyl (C=O) groups excluding carboxylic acids is 1. The number of halogens is 2. The van der Waals surface area contributed by atoms with Crippen LogP contribution in [0.5, 0.6) is 0 Å². The highest BCUT2D eigenvalue weighted by atomic mass is 35.5. The Morgan fingerprint density at radius 3 is 2.58 bits per heavy atom. The Morgan fingerprint density at radius 1 is 1.19 bits per heavy atom. The number of rotatable bonds is 10. The lowest BCUT2D eigenvalue weighted by atomic mass is 9.92. The van der Waals surface area contributed by atoms with E-state index in [1.807, 2.05) is 0 Å². The van der Waals surface area contributed by atoms with Crippen molar-refractivity contribution < 1.29 is 29.2 Å². The first-order chi connectivity index (χ1) is 14.8. The summed E-state index contributed by atoms with van der Waals surface area (Å²) in [6.45, 7) is 2.17. The van der Waals surface area contributed by atoms with Gasteiger partial charge in [-0.05, 0) is 51.3 Å². The summed E-state index contributed by atoms with van der Waals surface area (Å²) in [6, 6.07) is -1.11. The van der Waals surface area contributed by atoms with E-state index in [4.69, 9.17) is 16.3 Å². The van der Waals surface area contributed by atoms with Crippen LogP contribution in [-0.2, 0) is 9.53 Å². The largest absolute Gasteiger partial charge is 0.388 e. The maximum absolute atomic E-state index is 13.0. The topological polar surface area (TPSA) is 111 Å². The molecule has 0 aliphatic carbocycles. The minimum Gasteiger partial charge on any atom is -0.388 e. The van der Waals surface area contributed by atoms with E-state index in [0.717, 1.165) is 38.6 Å². The third-order valence-corrected chi connectivity index (χ3v) is 7.49. The molecule has 2 fully saturated rings. The van der Waals surface area contributed by atoms with Crippen LogP contribution in [0.3, 0.4) is 0 Å². The van der Waals surface area contributed by atoms with E-state index < -0.39 is 41.3 Å². The summed E-state index contributed by atoms with van der Waals surface area (Å²) in [6.07, 6.45) is 2.98. The van der Waals surface area contributed by atoms with Crippen LogP contribution < -0.4 is 10.6 Å². The monoisotopic (exact) mass is 484 g/mol. The van der Waals surface area contributed by atoms with Gasteiger partial charge in [0, 0.05) is 0 Å². The molecule has 2 rings (SSSR count). The van der Waals surface area contributed by atoms with E-state index in [2.05, 4.69) is 10.6 Å². The lowest BCUT2D eigenvalue weighted by molar-refractivity contribution is -0.205. The van der Waals surface area contributed by atoms with Gasteiger partial charge in [0.1, 0.15) is 29.9 Å². The van der Waals surface area contributed by atoms with Crippen molar-refractivity contribution in [2.75, 3.05) is 19.5 Å². The molecule has 0 spiro atoms. The molecule has 2 heterocycles. The van der Waals surface area contributed by atoms with Gasteiger partial charge in [-0.2, -0.15) is 0 Å².